The summed E-state index contributed by atoms with van der Waals surface area (Å²) in [5.41, 5.74) is 0. The summed E-state index contributed by atoms with van der Waals surface area (Å²) < 4.78 is 18.7. The summed E-state index contributed by atoms with van der Waals surface area (Å²) in [6, 6.07) is 0. The van der Waals surface area contributed by atoms with E-state index >= 15 is 0 Å². The van der Waals surface area contributed by atoms with Gasteiger partial charge >= 0.3 is 0 Å². The number of nitrogens with zero attached hydrogens (tertiary/aromatic N) is 3. The van der Waals surface area contributed by atoms with E-state index in [2.05, 4.69) is 25.0 Å². The molecule has 0 bridgehead atoms. The van der Waals surface area contributed by atoms with Gasteiger partial charge in [-0.15, -0.1) is 0 Å². The van der Waals surface area contributed by atoms with Crippen LogP contribution in [-0.2, 0) is 15.4 Å². The number of halogens is 2. The Balaban J connectivity index is 2.18. The molecule has 1 atom stereocenters. The molecule has 19 heavy (non-hydrogen) atoms. The van der Waals surface area contributed by atoms with Crippen molar-refractivity contribution in [1.82, 2.24) is 19.7 Å². The van der Waals surface area contributed by atoms with Gasteiger partial charge in [0, 0.05) is 19.7 Å². The second-order valence-corrected chi connectivity index (χ2v) is 4.82. The number of hydrogen-bond donors (Lipinski definition) is 3. The highest BCUT2D eigenvalue weighted by Crippen LogP contribution is 2.08. The van der Waals surface area contributed by atoms with Crippen molar-refractivity contribution in [3.8, 4) is 0 Å². The lowest BCUT2D eigenvalue weighted by molar-refractivity contribution is 0.243. The Bertz CT molecular complexity index is 405. The van der Waals surface area contributed by atoms with Crippen molar-refractivity contribution in [2.75, 3.05) is 31.6 Å². The number of hydrogen-bond acceptors (Lipinski definition) is 7. The van der Waals surface area contributed by atoms with E-state index in [-0.39, 0.29) is 29.7 Å². The Morgan fingerprint density at radius 3 is 2.53 bits per heavy atom. The van der Waals surface area contributed by atoms with E-state index in [1.54, 1.807) is 0 Å². The van der Waals surface area contributed by atoms with Crippen LogP contribution in [0.5, 0.6) is 0 Å². The average Bonchev–Trinajstić information content (AvgIpc) is 2.34. The summed E-state index contributed by atoms with van der Waals surface area (Å²) in [6.07, 6.45) is 0.438. The zero-order chi connectivity index (χ0) is 14.1. The van der Waals surface area contributed by atoms with Crippen LogP contribution in [0.4, 0.5) is 5.95 Å². The van der Waals surface area contributed by atoms with Crippen molar-refractivity contribution in [2.45, 2.75) is 6.42 Å². The van der Waals surface area contributed by atoms with Crippen LogP contribution in [0.15, 0.2) is 0 Å². The van der Waals surface area contributed by atoms with Crippen LogP contribution in [0, 0.1) is 0 Å². The quantitative estimate of drug-likeness (QED) is 0.553. The summed E-state index contributed by atoms with van der Waals surface area (Å²) in [5, 5.41) is 11.3. The monoisotopic (exact) mass is 329 g/mol. The van der Waals surface area contributed by atoms with Crippen LogP contribution >= 0.6 is 23.2 Å². The second kappa shape index (κ2) is 9.34. The van der Waals surface area contributed by atoms with Gasteiger partial charge in [-0.25, -0.2) is 8.93 Å². The van der Waals surface area contributed by atoms with Crippen LogP contribution in [-0.4, -0.2) is 50.6 Å². The van der Waals surface area contributed by atoms with Gasteiger partial charge in [-0.05, 0) is 29.6 Å². The molecule has 0 aliphatic heterocycles. The number of aliphatic hydroxyl groups excluding tert-OH is 1. The Morgan fingerprint density at radius 2 is 1.89 bits per heavy atom. The molecule has 0 saturated heterocycles. The van der Waals surface area contributed by atoms with Crippen LogP contribution in [0.1, 0.15) is 6.42 Å². The van der Waals surface area contributed by atoms with Gasteiger partial charge in [-0.1, -0.05) is 0 Å². The smallest absolute Gasteiger partial charge is 0.234 e. The van der Waals surface area contributed by atoms with Gasteiger partial charge in [0.2, 0.25) is 27.8 Å². The van der Waals surface area contributed by atoms with Gasteiger partial charge < -0.3 is 10.4 Å². The lowest BCUT2D eigenvalue weighted by Crippen LogP contribution is -2.26. The summed E-state index contributed by atoms with van der Waals surface area (Å²) >= 11 is 9.59. The van der Waals surface area contributed by atoms with E-state index in [0.717, 1.165) is 0 Å². The van der Waals surface area contributed by atoms with Gasteiger partial charge in [0.15, 0.2) is 0 Å². The Kier molecular flexibility index (Phi) is 8.10. The Hall–Kier alpha value is -0.580. The summed E-state index contributed by atoms with van der Waals surface area (Å²) in [4.78, 5) is 11.2. The highest BCUT2D eigenvalue weighted by atomic mass is 35.5. The van der Waals surface area contributed by atoms with E-state index in [1.807, 2.05) is 0 Å². The lowest BCUT2D eigenvalue weighted by atomic mass is 10.5. The third-order valence-corrected chi connectivity index (χ3v) is 2.86. The van der Waals surface area contributed by atoms with Gasteiger partial charge in [0.05, 0.1) is 6.61 Å². The first-order valence-corrected chi connectivity index (χ1v) is 7.15. The topological polar surface area (TPSA) is 109 Å². The van der Waals surface area contributed by atoms with Crippen molar-refractivity contribution in [3.63, 3.8) is 0 Å². The predicted octanol–water partition coefficient (Wildman–Crippen LogP) is 0.158. The molecule has 11 heteroatoms. The maximum Gasteiger partial charge on any atom is 0.234 e. The van der Waals surface area contributed by atoms with E-state index in [1.165, 1.54) is 0 Å². The fraction of sp³-hybridized carbons (Fsp3) is 0.625. The molecule has 108 valence electrons. The molecule has 3 N–H and O–H groups in total. The molecule has 0 aromatic carbocycles. The van der Waals surface area contributed by atoms with E-state index < -0.39 is 11.3 Å². The van der Waals surface area contributed by atoms with Crippen molar-refractivity contribution < 1.29 is 13.5 Å². The SMILES string of the molecule is O=S(NCCNc1nc(Cl)nc(Cl)n1)OCCCO. The molecule has 0 radical (unpaired) electrons. The molecular weight excluding hydrogens is 317 g/mol. The van der Waals surface area contributed by atoms with E-state index in [0.29, 0.717) is 19.5 Å². The minimum atomic E-state index is -1.59. The number of nitrogens with one attached hydrogen (secondary N) is 2. The van der Waals surface area contributed by atoms with Crippen molar-refractivity contribution in [3.05, 3.63) is 10.6 Å². The molecule has 0 saturated carbocycles. The normalized spacial score (nSPS) is 12.4. The van der Waals surface area contributed by atoms with Crippen LogP contribution in [0.25, 0.3) is 0 Å². The largest absolute Gasteiger partial charge is 0.396 e. The molecule has 1 heterocycles. The molecule has 1 aromatic heterocycles. The molecule has 1 aromatic rings. The number of aliphatic hydroxyl groups is 1. The fourth-order valence-corrected chi connectivity index (χ4v) is 1.94. The standard InChI is InChI=1S/C8H13Cl2N5O3S/c9-6-13-7(10)15-8(14-6)11-2-3-12-19(17)18-5-1-4-16/h12,16H,1-5H2,(H,11,13,14,15). The predicted molar refractivity (Wildman–Crippen MR) is 72.1 cm³/mol. The zero-order valence-corrected chi connectivity index (χ0v) is 12.1. The number of anilines is 1. The first-order chi connectivity index (χ1) is 9.11. The van der Waals surface area contributed by atoms with Crippen molar-refractivity contribution in [2.24, 2.45) is 0 Å². The number of aromatic nitrogens is 3. The zero-order valence-electron chi connectivity index (χ0n) is 9.81. The lowest BCUT2D eigenvalue weighted by Gasteiger charge is -2.06. The molecule has 1 rings (SSSR count). The van der Waals surface area contributed by atoms with Crippen molar-refractivity contribution in [1.29, 1.82) is 0 Å². The van der Waals surface area contributed by atoms with Crippen molar-refractivity contribution >= 4 is 40.4 Å². The highest BCUT2D eigenvalue weighted by molar-refractivity contribution is 7.78. The minimum absolute atomic E-state index is 0.000341. The summed E-state index contributed by atoms with van der Waals surface area (Å²) in [7, 11) is 0. The van der Waals surface area contributed by atoms with E-state index in [9.17, 15) is 4.21 Å². The average molecular weight is 330 g/mol. The van der Waals surface area contributed by atoms with E-state index in [4.69, 9.17) is 32.5 Å². The highest BCUT2D eigenvalue weighted by Gasteiger charge is 2.03. The minimum Gasteiger partial charge on any atom is -0.396 e. The molecule has 1 unspecified atom stereocenters. The third kappa shape index (κ3) is 7.55. The molecule has 0 fully saturated rings. The molecule has 0 aliphatic carbocycles. The van der Waals surface area contributed by atoms with Gasteiger partial charge in [0.1, 0.15) is 0 Å². The first kappa shape index (κ1) is 16.5. The molecule has 8 nitrogen and oxygen atoms in total. The Labute approximate surface area is 122 Å². The number of rotatable bonds is 9. The Morgan fingerprint density at radius 1 is 1.21 bits per heavy atom. The maximum atomic E-state index is 11.2. The fourth-order valence-electron chi connectivity index (χ4n) is 0.954. The molecule has 0 amide bonds. The van der Waals surface area contributed by atoms with Gasteiger partial charge in [-0.3, -0.25) is 4.18 Å². The van der Waals surface area contributed by atoms with Gasteiger partial charge in [-0.2, -0.15) is 15.0 Å². The third-order valence-electron chi connectivity index (χ3n) is 1.70. The van der Waals surface area contributed by atoms with Gasteiger partial charge in [0.25, 0.3) is 0 Å². The second-order valence-electron chi connectivity index (χ2n) is 3.15. The van der Waals surface area contributed by atoms with Crippen LogP contribution in [0.2, 0.25) is 10.6 Å². The first-order valence-electron chi connectivity index (χ1n) is 5.32. The summed E-state index contributed by atoms with van der Waals surface area (Å²) in [6.45, 7) is 0.973. The maximum absolute atomic E-state index is 11.2. The summed E-state index contributed by atoms with van der Waals surface area (Å²) in [5.74, 6) is 0.235. The molecule has 0 spiro atoms. The molecular formula is C8H13Cl2N5O3S. The van der Waals surface area contributed by atoms with Crippen LogP contribution < -0.4 is 10.0 Å². The molecule has 0 aliphatic rings. The van der Waals surface area contributed by atoms with Crippen LogP contribution in [0.3, 0.4) is 0 Å².